The average Bonchev–Trinajstić information content (AvgIpc) is 2.68. The molecule has 27 heavy (non-hydrogen) atoms. The molecule has 2 heterocycles. The predicted molar refractivity (Wildman–Crippen MR) is 106 cm³/mol. The van der Waals surface area contributed by atoms with Crippen molar-refractivity contribution in [3.05, 3.63) is 86.8 Å². The maximum absolute atomic E-state index is 13.2. The van der Waals surface area contributed by atoms with Crippen molar-refractivity contribution in [2.75, 3.05) is 11.4 Å². The quantitative estimate of drug-likeness (QED) is 0.680. The van der Waals surface area contributed by atoms with Crippen LogP contribution >= 0.6 is 11.6 Å². The van der Waals surface area contributed by atoms with Gasteiger partial charge >= 0.3 is 0 Å². The zero-order valence-corrected chi connectivity index (χ0v) is 15.6. The molecule has 0 bridgehead atoms. The van der Waals surface area contributed by atoms with Crippen LogP contribution in [0.5, 0.6) is 0 Å². The minimum absolute atomic E-state index is 0.0998. The molecule has 1 amide bonds. The van der Waals surface area contributed by atoms with Crippen LogP contribution in [0.15, 0.2) is 59.4 Å². The van der Waals surface area contributed by atoms with Gasteiger partial charge in [-0.05, 0) is 43.5 Å². The largest absolute Gasteiger partial charge is 0.307 e. The molecule has 0 aliphatic carbocycles. The third-order valence-electron chi connectivity index (χ3n) is 4.75. The van der Waals surface area contributed by atoms with Gasteiger partial charge in [-0.3, -0.25) is 9.59 Å². The summed E-state index contributed by atoms with van der Waals surface area (Å²) in [6.07, 6.45) is 1.78. The Morgan fingerprint density at radius 3 is 2.56 bits per heavy atom. The molecule has 6 heteroatoms. The van der Waals surface area contributed by atoms with E-state index in [0.29, 0.717) is 22.9 Å². The number of hydrogen-bond donors (Lipinski definition) is 0. The van der Waals surface area contributed by atoms with Crippen molar-refractivity contribution in [3.8, 4) is 5.69 Å². The Labute approximate surface area is 161 Å². The van der Waals surface area contributed by atoms with E-state index in [0.717, 1.165) is 24.1 Å². The van der Waals surface area contributed by atoms with E-state index in [2.05, 4.69) is 5.10 Å². The molecule has 0 N–H and O–H groups in total. The number of carbonyl (C=O) groups is 1. The van der Waals surface area contributed by atoms with Crippen molar-refractivity contribution in [2.45, 2.75) is 19.8 Å². The smallest absolute Gasteiger partial charge is 0.282 e. The lowest BCUT2D eigenvalue weighted by Gasteiger charge is -2.29. The van der Waals surface area contributed by atoms with Crippen LogP contribution in [-0.4, -0.2) is 22.2 Å². The van der Waals surface area contributed by atoms with Crippen LogP contribution in [0.3, 0.4) is 0 Å². The third kappa shape index (κ3) is 3.15. The number of para-hydroxylation sites is 2. The normalized spacial score (nSPS) is 13.3. The highest BCUT2D eigenvalue weighted by Crippen LogP contribution is 2.27. The Hall–Kier alpha value is -2.92. The van der Waals surface area contributed by atoms with E-state index in [1.165, 1.54) is 6.07 Å². The molecule has 1 aliphatic heterocycles. The summed E-state index contributed by atoms with van der Waals surface area (Å²) in [5, 5.41) is 4.88. The van der Waals surface area contributed by atoms with Crippen molar-refractivity contribution in [3.63, 3.8) is 0 Å². The van der Waals surface area contributed by atoms with Gasteiger partial charge in [-0.25, -0.2) is 4.68 Å². The van der Waals surface area contributed by atoms with E-state index in [4.69, 9.17) is 11.6 Å². The lowest BCUT2D eigenvalue weighted by atomic mass is 10.0. The lowest BCUT2D eigenvalue weighted by Crippen LogP contribution is -2.39. The number of anilines is 1. The first kappa shape index (κ1) is 17.5. The van der Waals surface area contributed by atoms with Gasteiger partial charge in [0.2, 0.25) is 5.43 Å². The van der Waals surface area contributed by atoms with Crippen molar-refractivity contribution >= 4 is 23.2 Å². The molecule has 136 valence electrons. The molecule has 5 nitrogen and oxygen atoms in total. The number of rotatable bonds is 2. The molecule has 1 aromatic heterocycles. The summed E-state index contributed by atoms with van der Waals surface area (Å²) < 4.78 is 1.55. The molecular formula is C21H18ClN3O2. The molecule has 4 rings (SSSR count). The Bertz CT molecular complexity index is 1090. The fourth-order valence-electron chi connectivity index (χ4n) is 3.44. The first-order chi connectivity index (χ1) is 13.1. The number of fused-ring (bicyclic) bond motifs is 1. The molecule has 0 saturated heterocycles. The minimum atomic E-state index is -0.385. The Kier molecular flexibility index (Phi) is 4.54. The lowest BCUT2D eigenvalue weighted by molar-refractivity contribution is 0.0977. The number of aromatic nitrogens is 2. The van der Waals surface area contributed by atoms with E-state index in [-0.39, 0.29) is 17.0 Å². The number of halogens is 1. The van der Waals surface area contributed by atoms with Crippen molar-refractivity contribution < 1.29 is 4.79 Å². The van der Waals surface area contributed by atoms with Crippen LogP contribution in [0.2, 0.25) is 5.02 Å². The molecule has 0 fully saturated rings. The van der Waals surface area contributed by atoms with Crippen LogP contribution < -0.4 is 10.3 Å². The summed E-state index contributed by atoms with van der Waals surface area (Å²) in [4.78, 5) is 27.4. The Morgan fingerprint density at radius 2 is 1.78 bits per heavy atom. The molecule has 1 aliphatic rings. The van der Waals surface area contributed by atoms with Crippen LogP contribution in [0.1, 0.15) is 28.2 Å². The molecule has 0 saturated carbocycles. The second kappa shape index (κ2) is 7.00. The standard InChI is InChI=1S/C21H18ClN3O2/c1-14-13-19(26)20(23-25(14)18-11-5-3-9-16(18)22)21(27)24-12-6-8-15-7-2-4-10-17(15)24/h2-5,7,9-11,13H,6,8,12H2,1H3. The van der Waals surface area contributed by atoms with Crippen molar-refractivity contribution in [2.24, 2.45) is 0 Å². The predicted octanol–water partition coefficient (Wildman–Crippen LogP) is 3.79. The second-order valence-corrected chi connectivity index (χ2v) is 6.96. The summed E-state index contributed by atoms with van der Waals surface area (Å²) in [5.41, 5.74) is 2.71. The first-order valence-corrected chi connectivity index (χ1v) is 9.20. The average molecular weight is 380 g/mol. The number of amides is 1. The van der Waals surface area contributed by atoms with Crippen molar-refractivity contribution in [1.82, 2.24) is 9.78 Å². The summed E-state index contributed by atoms with van der Waals surface area (Å²) >= 11 is 6.28. The fraction of sp³-hybridized carbons (Fsp3) is 0.190. The number of benzene rings is 2. The van der Waals surface area contributed by atoms with Gasteiger partial charge in [-0.15, -0.1) is 0 Å². The van der Waals surface area contributed by atoms with Crippen LogP contribution in [-0.2, 0) is 6.42 Å². The van der Waals surface area contributed by atoms with Gasteiger partial charge in [0.25, 0.3) is 5.91 Å². The monoisotopic (exact) mass is 379 g/mol. The van der Waals surface area contributed by atoms with Gasteiger partial charge in [-0.2, -0.15) is 5.10 Å². The zero-order chi connectivity index (χ0) is 19.0. The molecular weight excluding hydrogens is 362 g/mol. The Morgan fingerprint density at radius 1 is 1.07 bits per heavy atom. The zero-order valence-electron chi connectivity index (χ0n) is 14.9. The van der Waals surface area contributed by atoms with Crippen LogP contribution in [0.25, 0.3) is 5.69 Å². The molecule has 0 atom stereocenters. The summed E-state index contributed by atoms with van der Waals surface area (Å²) in [6, 6.07) is 16.4. The number of nitrogens with zero attached hydrogens (tertiary/aromatic N) is 3. The topological polar surface area (TPSA) is 55.2 Å². The second-order valence-electron chi connectivity index (χ2n) is 6.55. The SMILES string of the molecule is Cc1cc(=O)c(C(=O)N2CCCc3ccccc32)nn1-c1ccccc1Cl. The van der Waals surface area contributed by atoms with Gasteiger partial charge in [0.1, 0.15) is 0 Å². The van der Waals surface area contributed by atoms with E-state index in [9.17, 15) is 9.59 Å². The maximum atomic E-state index is 13.2. The van der Waals surface area contributed by atoms with E-state index < -0.39 is 0 Å². The summed E-state index contributed by atoms with van der Waals surface area (Å²) in [7, 11) is 0. The van der Waals surface area contributed by atoms with Crippen LogP contribution in [0, 0.1) is 6.92 Å². The third-order valence-corrected chi connectivity index (χ3v) is 5.07. The number of carbonyl (C=O) groups excluding carboxylic acids is 1. The summed E-state index contributed by atoms with van der Waals surface area (Å²) in [5.74, 6) is -0.382. The first-order valence-electron chi connectivity index (χ1n) is 8.82. The van der Waals surface area contributed by atoms with Gasteiger partial charge in [0, 0.05) is 24.0 Å². The Balaban J connectivity index is 1.81. The highest BCUT2D eigenvalue weighted by atomic mass is 35.5. The maximum Gasteiger partial charge on any atom is 0.282 e. The minimum Gasteiger partial charge on any atom is -0.307 e. The van der Waals surface area contributed by atoms with Gasteiger partial charge in [0.15, 0.2) is 5.69 Å². The molecule has 0 unspecified atom stereocenters. The number of aryl methyl sites for hydroxylation is 2. The molecule has 0 radical (unpaired) electrons. The highest BCUT2D eigenvalue weighted by Gasteiger charge is 2.27. The van der Waals surface area contributed by atoms with E-state index in [1.54, 1.807) is 28.6 Å². The summed E-state index contributed by atoms with van der Waals surface area (Å²) in [6.45, 7) is 2.33. The van der Waals surface area contributed by atoms with E-state index >= 15 is 0 Å². The van der Waals surface area contributed by atoms with Gasteiger partial charge < -0.3 is 4.90 Å². The van der Waals surface area contributed by atoms with E-state index in [1.807, 2.05) is 36.4 Å². The van der Waals surface area contributed by atoms with Gasteiger partial charge in [0.05, 0.1) is 10.7 Å². The van der Waals surface area contributed by atoms with Crippen LogP contribution in [0.4, 0.5) is 5.69 Å². The number of hydrogen-bond acceptors (Lipinski definition) is 3. The highest BCUT2D eigenvalue weighted by molar-refractivity contribution is 6.32. The molecule has 3 aromatic rings. The van der Waals surface area contributed by atoms with Crippen molar-refractivity contribution in [1.29, 1.82) is 0 Å². The van der Waals surface area contributed by atoms with Gasteiger partial charge in [-0.1, -0.05) is 41.9 Å². The molecule has 0 spiro atoms. The molecule has 2 aromatic carbocycles. The fourth-order valence-corrected chi connectivity index (χ4v) is 3.65.